The lowest BCUT2D eigenvalue weighted by molar-refractivity contribution is 0.627. The van der Waals surface area contributed by atoms with Crippen molar-refractivity contribution in [2.45, 2.75) is 17.9 Å². The number of hydrogen-bond donors (Lipinski definition) is 0. The second-order valence-electron chi connectivity index (χ2n) is 5.12. The second kappa shape index (κ2) is 7.95. The number of aromatic nitrogens is 1. The number of nitrogens with zero attached hydrogens (tertiary/aromatic N) is 1. The molecular formula is C18H15ClFNS2. The lowest BCUT2D eigenvalue weighted by atomic mass is 10.1. The molecule has 0 spiro atoms. The van der Waals surface area contributed by atoms with Crippen LogP contribution in [0.1, 0.15) is 21.8 Å². The van der Waals surface area contributed by atoms with Gasteiger partial charge in [0.2, 0.25) is 0 Å². The molecule has 0 aliphatic heterocycles. The lowest BCUT2D eigenvalue weighted by Crippen LogP contribution is -1.91. The Morgan fingerprint density at radius 3 is 2.70 bits per heavy atom. The van der Waals surface area contributed by atoms with E-state index in [9.17, 15) is 4.39 Å². The van der Waals surface area contributed by atoms with E-state index in [-0.39, 0.29) is 5.82 Å². The first-order valence-electron chi connectivity index (χ1n) is 7.19. The van der Waals surface area contributed by atoms with Gasteiger partial charge in [-0.25, -0.2) is 9.37 Å². The topological polar surface area (TPSA) is 12.9 Å². The zero-order valence-corrected chi connectivity index (χ0v) is 14.7. The zero-order valence-electron chi connectivity index (χ0n) is 12.3. The molecule has 0 aliphatic rings. The Hall–Kier alpha value is -1.36. The van der Waals surface area contributed by atoms with Gasteiger partial charge >= 0.3 is 0 Å². The van der Waals surface area contributed by atoms with Gasteiger partial charge in [-0.3, -0.25) is 0 Å². The summed E-state index contributed by atoms with van der Waals surface area (Å²) in [5.74, 6) is 1.57. The third-order valence-corrected chi connectivity index (χ3v) is 5.60. The van der Waals surface area contributed by atoms with Crippen LogP contribution in [-0.4, -0.2) is 4.98 Å². The average molecular weight is 364 g/mol. The summed E-state index contributed by atoms with van der Waals surface area (Å²) in [6, 6.07) is 14.9. The number of hydrogen-bond acceptors (Lipinski definition) is 3. The maximum absolute atomic E-state index is 13.1. The smallest absolute Gasteiger partial charge is 0.124 e. The number of thiazole rings is 1. The summed E-state index contributed by atoms with van der Waals surface area (Å²) >= 11 is 9.55. The van der Waals surface area contributed by atoms with E-state index in [2.05, 4.69) is 34.6 Å². The predicted molar refractivity (Wildman–Crippen MR) is 97.8 cm³/mol. The molecule has 2 aromatic carbocycles. The van der Waals surface area contributed by atoms with Crippen LogP contribution in [0.4, 0.5) is 4.39 Å². The Balaban J connectivity index is 1.55. The van der Waals surface area contributed by atoms with Crippen molar-refractivity contribution in [2.75, 3.05) is 0 Å². The first kappa shape index (κ1) is 16.5. The normalized spacial score (nSPS) is 10.9. The van der Waals surface area contributed by atoms with Crippen molar-refractivity contribution in [3.05, 3.63) is 86.6 Å². The molecule has 0 N–H and O–H groups in total. The summed E-state index contributed by atoms with van der Waals surface area (Å²) in [7, 11) is 0. The third-order valence-electron chi connectivity index (χ3n) is 3.32. The van der Waals surface area contributed by atoms with Crippen LogP contribution in [0.3, 0.4) is 0 Å². The first-order valence-corrected chi connectivity index (χ1v) is 9.61. The van der Waals surface area contributed by atoms with Gasteiger partial charge < -0.3 is 0 Å². The van der Waals surface area contributed by atoms with Gasteiger partial charge in [0.1, 0.15) is 5.82 Å². The van der Waals surface area contributed by atoms with E-state index in [1.165, 1.54) is 17.7 Å². The van der Waals surface area contributed by atoms with Crippen LogP contribution in [0.15, 0.2) is 53.9 Å². The van der Waals surface area contributed by atoms with Crippen LogP contribution < -0.4 is 0 Å². The lowest BCUT2D eigenvalue weighted by Gasteiger charge is -2.02. The summed E-state index contributed by atoms with van der Waals surface area (Å²) in [6.45, 7) is 0. The number of halogens is 2. The van der Waals surface area contributed by atoms with Gasteiger partial charge in [0.15, 0.2) is 0 Å². The number of thioether (sulfide) groups is 1. The van der Waals surface area contributed by atoms with Gasteiger partial charge in [0.25, 0.3) is 0 Å². The fraction of sp³-hybridized carbons (Fsp3) is 0.167. The Kier molecular flexibility index (Phi) is 5.70. The van der Waals surface area contributed by atoms with E-state index in [0.717, 1.165) is 27.8 Å². The third kappa shape index (κ3) is 4.80. The van der Waals surface area contributed by atoms with Crippen molar-refractivity contribution in [3.63, 3.8) is 0 Å². The summed E-state index contributed by atoms with van der Waals surface area (Å²) in [4.78, 5) is 4.65. The first-order chi connectivity index (χ1) is 11.2. The van der Waals surface area contributed by atoms with Gasteiger partial charge in [0.05, 0.1) is 10.7 Å². The van der Waals surface area contributed by atoms with E-state index in [1.54, 1.807) is 17.4 Å². The molecule has 0 aliphatic carbocycles. The van der Waals surface area contributed by atoms with E-state index in [4.69, 9.17) is 11.6 Å². The highest BCUT2D eigenvalue weighted by atomic mass is 35.5. The van der Waals surface area contributed by atoms with Crippen molar-refractivity contribution in [1.29, 1.82) is 0 Å². The molecule has 23 heavy (non-hydrogen) atoms. The summed E-state index contributed by atoms with van der Waals surface area (Å²) in [6.07, 6.45) is 0.646. The molecule has 1 heterocycles. The molecule has 0 saturated heterocycles. The number of rotatable bonds is 6. The minimum atomic E-state index is -0.309. The van der Waals surface area contributed by atoms with Crippen molar-refractivity contribution < 1.29 is 4.39 Å². The molecule has 0 radical (unpaired) electrons. The van der Waals surface area contributed by atoms with Crippen molar-refractivity contribution in [2.24, 2.45) is 0 Å². The van der Waals surface area contributed by atoms with Crippen LogP contribution in [-0.2, 0) is 17.9 Å². The Morgan fingerprint density at radius 2 is 1.91 bits per heavy atom. The van der Waals surface area contributed by atoms with Gasteiger partial charge in [-0.15, -0.1) is 11.3 Å². The Labute approximate surface area is 148 Å². The van der Waals surface area contributed by atoms with E-state index >= 15 is 0 Å². The van der Waals surface area contributed by atoms with Crippen LogP contribution in [0.5, 0.6) is 0 Å². The van der Waals surface area contributed by atoms with Crippen molar-refractivity contribution >= 4 is 34.7 Å². The monoisotopic (exact) mass is 363 g/mol. The molecule has 0 saturated carbocycles. The highest BCUT2D eigenvalue weighted by molar-refractivity contribution is 7.97. The molecule has 0 unspecified atom stereocenters. The number of benzene rings is 2. The summed E-state index contributed by atoms with van der Waals surface area (Å²) < 4.78 is 13.1. The maximum atomic E-state index is 13.1. The van der Waals surface area contributed by atoms with Gasteiger partial charge in [-0.05, 0) is 23.3 Å². The van der Waals surface area contributed by atoms with Crippen LogP contribution in [0.25, 0.3) is 0 Å². The molecule has 0 atom stereocenters. The largest absolute Gasteiger partial charge is 0.245 e. The van der Waals surface area contributed by atoms with Gasteiger partial charge in [0, 0.05) is 28.3 Å². The van der Waals surface area contributed by atoms with Crippen LogP contribution in [0.2, 0.25) is 5.02 Å². The van der Waals surface area contributed by atoms with Crippen molar-refractivity contribution in [1.82, 2.24) is 4.98 Å². The quantitative estimate of drug-likeness (QED) is 0.536. The predicted octanol–water partition coefficient (Wildman–Crippen LogP) is 5.96. The minimum absolute atomic E-state index is 0.309. The molecule has 0 bridgehead atoms. The van der Waals surface area contributed by atoms with Crippen molar-refractivity contribution in [3.8, 4) is 0 Å². The minimum Gasteiger partial charge on any atom is -0.245 e. The van der Waals surface area contributed by atoms with E-state index in [0.29, 0.717) is 11.4 Å². The molecule has 0 amide bonds. The molecule has 3 aromatic rings. The molecule has 0 fully saturated rings. The van der Waals surface area contributed by atoms with E-state index < -0.39 is 0 Å². The molecule has 1 nitrogen and oxygen atoms in total. The SMILES string of the molecule is Fc1ccc(Cc2nc(CSCc3ccccc3)cs2)c(Cl)c1. The molecule has 1 aromatic heterocycles. The fourth-order valence-electron chi connectivity index (χ4n) is 2.17. The molecule has 3 rings (SSSR count). The average Bonchev–Trinajstić information content (AvgIpc) is 2.99. The highest BCUT2D eigenvalue weighted by Crippen LogP contribution is 2.24. The molecule has 118 valence electrons. The molecular weight excluding hydrogens is 349 g/mol. The Bertz CT molecular complexity index is 774. The van der Waals surface area contributed by atoms with Gasteiger partial charge in [-0.1, -0.05) is 48.0 Å². The van der Waals surface area contributed by atoms with Crippen LogP contribution >= 0.6 is 34.7 Å². The summed E-state index contributed by atoms with van der Waals surface area (Å²) in [5.41, 5.74) is 3.32. The Morgan fingerprint density at radius 1 is 1.09 bits per heavy atom. The zero-order chi connectivity index (χ0) is 16.1. The molecule has 5 heteroatoms. The second-order valence-corrected chi connectivity index (χ2v) is 7.46. The van der Waals surface area contributed by atoms with Gasteiger partial charge in [-0.2, -0.15) is 11.8 Å². The highest BCUT2D eigenvalue weighted by Gasteiger charge is 2.07. The fourth-order valence-corrected chi connectivity index (χ4v) is 4.22. The summed E-state index contributed by atoms with van der Waals surface area (Å²) in [5, 5.41) is 3.55. The maximum Gasteiger partial charge on any atom is 0.124 e. The van der Waals surface area contributed by atoms with Crippen LogP contribution in [0, 0.1) is 5.82 Å². The van der Waals surface area contributed by atoms with E-state index in [1.807, 2.05) is 17.8 Å². The standard InChI is InChI=1S/C18H15ClFNS2/c19-17-9-15(20)7-6-14(17)8-18-21-16(12-23-18)11-22-10-13-4-2-1-3-5-13/h1-7,9,12H,8,10-11H2.